The van der Waals surface area contributed by atoms with Gasteiger partial charge in [-0.1, -0.05) is 40.5 Å². The van der Waals surface area contributed by atoms with Gasteiger partial charge in [0.25, 0.3) is 0 Å². The second-order valence-electron chi connectivity index (χ2n) is 5.85. The molecular formula is C14H26O2. The summed E-state index contributed by atoms with van der Waals surface area (Å²) >= 11 is 0. The van der Waals surface area contributed by atoms with Gasteiger partial charge in [-0.3, -0.25) is 4.79 Å². The average Bonchev–Trinajstić information content (AvgIpc) is 2.47. The first-order valence-corrected chi connectivity index (χ1v) is 6.60. The van der Waals surface area contributed by atoms with Crippen LogP contribution in [-0.2, 0) is 9.53 Å². The molecule has 1 rings (SSSR count). The first kappa shape index (κ1) is 13.7. The molecule has 0 amide bonds. The normalized spacial score (nSPS) is 29.9. The summed E-state index contributed by atoms with van der Waals surface area (Å²) in [4.78, 5) is 11.5. The monoisotopic (exact) mass is 226 g/mol. The molecular weight excluding hydrogens is 200 g/mol. The highest BCUT2D eigenvalue weighted by atomic mass is 16.5. The summed E-state index contributed by atoms with van der Waals surface area (Å²) in [5.74, 6) is 2.87. The van der Waals surface area contributed by atoms with E-state index >= 15 is 0 Å². The van der Waals surface area contributed by atoms with Gasteiger partial charge in [0.15, 0.2) is 5.78 Å². The minimum Gasteiger partial charge on any atom is -0.373 e. The number of ketones is 1. The van der Waals surface area contributed by atoms with E-state index in [1.54, 1.807) is 0 Å². The molecule has 0 aromatic carbocycles. The molecule has 0 heterocycles. The lowest BCUT2D eigenvalue weighted by Crippen LogP contribution is -2.20. The van der Waals surface area contributed by atoms with Gasteiger partial charge in [0.05, 0.1) is 6.61 Å². The molecule has 0 N–H and O–H groups in total. The van der Waals surface area contributed by atoms with Crippen molar-refractivity contribution in [1.29, 1.82) is 0 Å². The molecule has 0 saturated heterocycles. The fourth-order valence-electron chi connectivity index (χ4n) is 2.67. The van der Waals surface area contributed by atoms with E-state index in [0.717, 1.165) is 18.4 Å². The summed E-state index contributed by atoms with van der Waals surface area (Å²) in [7, 11) is 0. The van der Waals surface area contributed by atoms with Gasteiger partial charge in [0.1, 0.15) is 6.61 Å². The second kappa shape index (κ2) is 6.39. The summed E-state index contributed by atoms with van der Waals surface area (Å²) in [6, 6.07) is 0. The zero-order chi connectivity index (χ0) is 12.1. The Labute approximate surface area is 99.8 Å². The van der Waals surface area contributed by atoms with Crippen LogP contribution in [0.3, 0.4) is 0 Å². The Morgan fingerprint density at radius 1 is 1.25 bits per heavy atom. The van der Waals surface area contributed by atoms with Crippen molar-refractivity contribution in [2.75, 3.05) is 13.2 Å². The highest BCUT2D eigenvalue weighted by Crippen LogP contribution is 2.36. The van der Waals surface area contributed by atoms with E-state index in [0.29, 0.717) is 24.9 Å². The number of carbonyl (C=O) groups is 1. The molecule has 94 valence electrons. The Morgan fingerprint density at radius 3 is 2.31 bits per heavy atom. The van der Waals surface area contributed by atoms with Crippen molar-refractivity contribution in [2.45, 2.75) is 47.0 Å². The maximum Gasteiger partial charge on any atom is 0.158 e. The van der Waals surface area contributed by atoms with Gasteiger partial charge in [-0.15, -0.1) is 0 Å². The standard InChI is InChI=1S/C14H26O2/c1-10(2)7-13(15)8-16-9-14-11(3)5-6-12(14)4/h10-12,14H,5-9H2,1-4H3. The van der Waals surface area contributed by atoms with Crippen molar-refractivity contribution in [2.24, 2.45) is 23.7 Å². The molecule has 2 atom stereocenters. The third-order valence-corrected chi connectivity index (χ3v) is 3.75. The van der Waals surface area contributed by atoms with Crippen LogP contribution in [0.4, 0.5) is 0 Å². The molecule has 2 nitrogen and oxygen atoms in total. The van der Waals surface area contributed by atoms with Gasteiger partial charge in [-0.05, 0) is 23.7 Å². The molecule has 0 radical (unpaired) electrons. The smallest absolute Gasteiger partial charge is 0.158 e. The molecule has 0 aromatic heterocycles. The molecule has 2 heteroatoms. The molecule has 0 aliphatic heterocycles. The molecule has 2 unspecified atom stereocenters. The first-order valence-electron chi connectivity index (χ1n) is 6.60. The maximum absolute atomic E-state index is 11.5. The van der Waals surface area contributed by atoms with E-state index < -0.39 is 0 Å². The van der Waals surface area contributed by atoms with E-state index in [-0.39, 0.29) is 5.78 Å². The average molecular weight is 226 g/mol. The summed E-state index contributed by atoms with van der Waals surface area (Å²) in [5.41, 5.74) is 0. The Bertz CT molecular complexity index is 213. The molecule has 1 fully saturated rings. The molecule has 1 aliphatic rings. The Morgan fingerprint density at radius 2 is 1.81 bits per heavy atom. The van der Waals surface area contributed by atoms with Crippen LogP contribution < -0.4 is 0 Å². The summed E-state index contributed by atoms with van der Waals surface area (Å²) in [5, 5.41) is 0. The summed E-state index contributed by atoms with van der Waals surface area (Å²) in [6.07, 6.45) is 3.28. The number of Topliss-reactive ketones (excluding diaryl/α,β-unsaturated/α-hetero) is 1. The van der Waals surface area contributed by atoms with Crippen LogP contribution >= 0.6 is 0 Å². The molecule has 0 spiro atoms. The van der Waals surface area contributed by atoms with Crippen LogP contribution in [0.15, 0.2) is 0 Å². The van der Waals surface area contributed by atoms with Crippen LogP contribution in [0.25, 0.3) is 0 Å². The number of hydrogen-bond acceptors (Lipinski definition) is 2. The van der Waals surface area contributed by atoms with Crippen molar-refractivity contribution in [3.05, 3.63) is 0 Å². The zero-order valence-corrected chi connectivity index (χ0v) is 11.2. The zero-order valence-electron chi connectivity index (χ0n) is 11.2. The summed E-state index contributed by atoms with van der Waals surface area (Å²) < 4.78 is 5.57. The van der Waals surface area contributed by atoms with Gasteiger partial charge in [0.2, 0.25) is 0 Å². The van der Waals surface area contributed by atoms with Crippen LogP contribution in [0.1, 0.15) is 47.0 Å². The third-order valence-electron chi connectivity index (χ3n) is 3.75. The maximum atomic E-state index is 11.5. The van der Waals surface area contributed by atoms with Crippen molar-refractivity contribution >= 4 is 5.78 Å². The molecule has 0 bridgehead atoms. The van der Waals surface area contributed by atoms with E-state index in [1.807, 2.05) is 0 Å². The minimum absolute atomic E-state index is 0.244. The third kappa shape index (κ3) is 4.25. The van der Waals surface area contributed by atoms with E-state index in [4.69, 9.17) is 4.74 Å². The summed E-state index contributed by atoms with van der Waals surface area (Å²) in [6.45, 7) is 9.82. The largest absolute Gasteiger partial charge is 0.373 e. The Hall–Kier alpha value is -0.370. The lowest BCUT2D eigenvalue weighted by atomic mass is 9.93. The highest BCUT2D eigenvalue weighted by Gasteiger charge is 2.30. The lowest BCUT2D eigenvalue weighted by Gasteiger charge is -2.19. The number of rotatable bonds is 6. The number of ether oxygens (including phenoxy) is 1. The number of carbonyl (C=O) groups excluding carboxylic acids is 1. The number of hydrogen-bond donors (Lipinski definition) is 0. The predicted molar refractivity (Wildman–Crippen MR) is 66.3 cm³/mol. The van der Waals surface area contributed by atoms with Crippen molar-refractivity contribution in [3.8, 4) is 0 Å². The molecule has 1 saturated carbocycles. The van der Waals surface area contributed by atoms with E-state index in [1.165, 1.54) is 12.8 Å². The predicted octanol–water partition coefficient (Wildman–Crippen LogP) is 3.30. The fourth-order valence-corrected chi connectivity index (χ4v) is 2.67. The van der Waals surface area contributed by atoms with Crippen molar-refractivity contribution in [1.82, 2.24) is 0 Å². The van der Waals surface area contributed by atoms with Crippen LogP contribution in [-0.4, -0.2) is 19.0 Å². The molecule has 16 heavy (non-hydrogen) atoms. The van der Waals surface area contributed by atoms with Crippen molar-refractivity contribution in [3.63, 3.8) is 0 Å². The SMILES string of the molecule is CC(C)CC(=O)COCC1C(C)CCC1C. The van der Waals surface area contributed by atoms with Crippen LogP contribution in [0.2, 0.25) is 0 Å². The first-order chi connectivity index (χ1) is 7.50. The van der Waals surface area contributed by atoms with Crippen LogP contribution in [0, 0.1) is 23.7 Å². The van der Waals surface area contributed by atoms with Gasteiger partial charge >= 0.3 is 0 Å². The second-order valence-corrected chi connectivity index (χ2v) is 5.85. The van der Waals surface area contributed by atoms with E-state index in [9.17, 15) is 4.79 Å². The lowest BCUT2D eigenvalue weighted by molar-refractivity contribution is -0.125. The quantitative estimate of drug-likeness (QED) is 0.694. The minimum atomic E-state index is 0.244. The van der Waals surface area contributed by atoms with Crippen molar-refractivity contribution < 1.29 is 9.53 Å². The molecule has 0 aromatic rings. The topological polar surface area (TPSA) is 26.3 Å². The van der Waals surface area contributed by atoms with Gasteiger partial charge < -0.3 is 4.74 Å². The molecule has 1 aliphatic carbocycles. The fraction of sp³-hybridized carbons (Fsp3) is 0.929. The Kier molecular flexibility index (Phi) is 5.47. The van der Waals surface area contributed by atoms with Crippen LogP contribution in [0.5, 0.6) is 0 Å². The van der Waals surface area contributed by atoms with E-state index in [2.05, 4.69) is 27.7 Å². The van der Waals surface area contributed by atoms with Gasteiger partial charge in [-0.2, -0.15) is 0 Å². The highest BCUT2D eigenvalue weighted by molar-refractivity contribution is 5.79. The Balaban J connectivity index is 2.17. The van der Waals surface area contributed by atoms with Gasteiger partial charge in [-0.25, -0.2) is 0 Å². The van der Waals surface area contributed by atoms with Gasteiger partial charge in [0, 0.05) is 6.42 Å².